The van der Waals surface area contributed by atoms with E-state index >= 15 is 0 Å². The van der Waals surface area contributed by atoms with Crippen molar-refractivity contribution in [3.63, 3.8) is 0 Å². The second-order valence-electron chi connectivity index (χ2n) is 11.4. The van der Waals surface area contributed by atoms with Crippen LogP contribution in [0.3, 0.4) is 0 Å². The number of hydrogen-bond acceptors (Lipinski definition) is 4. The maximum atomic E-state index is 12.5. The highest BCUT2D eigenvalue weighted by Crippen LogP contribution is 2.31. The Morgan fingerprint density at radius 2 is 0.912 bits per heavy atom. The van der Waals surface area contributed by atoms with Crippen molar-refractivity contribution in [1.82, 2.24) is 0 Å². The fourth-order valence-corrected chi connectivity index (χ4v) is 5.06. The molecule has 1 aliphatic carbocycles. The van der Waals surface area contributed by atoms with Gasteiger partial charge in [-0.2, -0.15) is 0 Å². The standard InChI is InChI=1S/C30H56O4/c1-7-9-11-13-23(3)25(5)19-21-33-29(31)27-15-17-28(18-16-27)30(32)34-22-20-26(6)24(4)14-12-10-8-2/h23-28H,7-22H2,1-6H3. The molecule has 4 heteroatoms. The van der Waals surface area contributed by atoms with E-state index in [2.05, 4.69) is 41.5 Å². The van der Waals surface area contributed by atoms with Gasteiger partial charge in [0.1, 0.15) is 0 Å². The van der Waals surface area contributed by atoms with Gasteiger partial charge in [-0.05, 0) is 62.2 Å². The van der Waals surface area contributed by atoms with E-state index < -0.39 is 0 Å². The minimum atomic E-state index is -0.0662. The molecule has 4 nitrogen and oxygen atoms in total. The average Bonchev–Trinajstić information content (AvgIpc) is 2.83. The zero-order valence-corrected chi connectivity index (χ0v) is 23.4. The van der Waals surface area contributed by atoms with Crippen LogP contribution in [0.1, 0.15) is 131 Å². The van der Waals surface area contributed by atoms with Crippen molar-refractivity contribution < 1.29 is 19.1 Å². The largest absolute Gasteiger partial charge is 0.465 e. The molecule has 4 atom stereocenters. The first kappa shape index (κ1) is 31.0. The van der Waals surface area contributed by atoms with Crippen molar-refractivity contribution in [2.45, 2.75) is 131 Å². The van der Waals surface area contributed by atoms with Gasteiger partial charge < -0.3 is 9.47 Å². The molecule has 0 saturated heterocycles. The van der Waals surface area contributed by atoms with Crippen molar-refractivity contribution in [3.8, 4) is 0 Å². The Bertz CT molecular complexity index is 490. The summed E-state index contributed by atoms with van der Waals surface area (Å²) in [5.41, 5.74) is 0. The highest BCUT2D eigenvalue weighted by molar-refractivity contribution is 5.75. The van der Waals surface area contributed by atoms with Crippen molar-refractivity contribution in [2.24, 2.45) is 35.5 Å². The van der Waals surface area contributed by atoms with Gasteiger partial charge in [-0.25, -0.2) is 0 Å². The summed E-state index contributed by atoms with van der Waals surface area (Å²) >= 11 is 0. The number of carbonyl (C=O) groups excluding carboxylic acids is 2. The lowest BCUT2D eigenvalue weighted by Crippen LogP contribution is -2.29. The van der Waals surface area contributed by atoms with Gasteiger partial charge in [-0.15, -0.1) is 0 Å². The minimum Gasteiger partial charge on any atom is -0.465 e. The molecule has 0 amide bonds. The molecular formula is C30H56O4. The minimum absolute atomic E-state index is 0.0506. The molecule has 0 N–H and O–H groups in total. The lowest BCUT2D eigenvalue weighted by atomic mass is 9.82. The van der Waals surface area contributed by atoms with E-state index in [0.29, 0.717) is 36.9 Å². The number of unbranched alkanes of at least 4 members (excludes halogenated alkanes) is 4. The molecule has 34 heavy (non-hydrogen) atoms. The SMILES string of the molecule is CCCCCC(C)C(C)CCOC(=O)C1CCC(C(=O)OCCC(C)C(C)CCCCC)CC1. The third-order valence-electron chi connectivity index (χ3n) is 8.50. The van der Waals surface area contributed by atoms with Crippen LogP contribution in [-0.2, 0) is 19.1 Å². The molecule has 0 aromatic carbocycles. The molecule has 0 heterocycles. The lowest BCUT2D eigenvalue weighted by molar-refractivity contribution is -0.155. The van der Waals surface area contributed by atoms with Gasteiger partial charge >= 0.3 is 11.9 Å². The molecule has 0 aromatic rings. The first-order chi connectivity index (χ1) is 16.3. The first-order valence-corrected chi connectivity index (χ1v) is 14.6. The van der Waals surface area contributed by atoms with Crippen LogP contribution in [0.5, 0.6) is 0 Å². The van der Waals surface area contributed by atoms with Gasteiger partial charge in [0.2, 0.25) is 0 Å². The summed E-state index contributed by atoms with van der Waals surface area (Å²) in [4.78, 5) is 25.0. The summed E-state index contributed by atoms with van der Waals surface area (Å²) in [5.74, 6) is 2.29. The van der Waals surface area contributed by atoms with Gasteiger partial charge in [0.05, 0.1) is 25.0 Å². The molecule has 1 rings (SSSR count). The second kappa shape index (κ2) is 18.2. The maximum Gasteiger partial charge on any atom is 0.308 e. The monoisotopic (exact) mass is 480 g/mol. The summed E-state index contributed by atoms with van der Waals surface area (Å²) in [5, 5.41) is 0. The Labute approximate surface area is 211 Å². The zero-order valence-electron chi connectivity index (χ0n) is 23.4. The predicted molar refractivity (Wildman–Crippen MR) is 142 cm³/mol. The van der Waals surface area contributed by atoms with Crippen LogP contribution in [0.2, 0.25) is 0 Å². The highest BCUT2D eigenvalue weighted by Gasteiger charge is 2.31. The Morgan fingerprint density at radius 1 is 0.588 bits per heavy atom. The summed E-state index contributed by atoms with van der Waals surface area (Å²) in [6.45, 7) is 14.7. The summed E-state index contributed by atoms with van der Waals surface area (Å²) < 4.78 is 11.2. The van der Waals surface area contributed by atoms with E-state index in [1.165, 1.54) is 51.4 Å². The molecule has 1 fully saturated rings. The fourth-order valence-electron chi connectivity index (χ4n) is 5.06. The molecule has 4 unspecified atom stereocenters. The molecule has 0 bridgehead atoms. The third-order valence-corrected chi connectivity index (χ3v) is 8.50. The van der Waals surface area contributed by atoms with Crippen molar-refractivity contribution >= 4 is 11.9 Å². The summed E-state index contributed by atoms with van der Waals surface area (Å²) in [6, 6.07) is 0. The average molecular weight is 481 g/mol. The fraction of sp³-hybridized carbons (Fsp3) is 0.933. The summed E-state index contributed by atoms with van der Waals surface area (Å²) in [6.07, 6.45) is 15.1. The van der Waals surface area contributed by atoms with E-state index in [9.17, 15) is 9.59 Å². The molecule has 1 saturated carbocycles. The van der Waals surface area contributed by atoms with Crippen LogP contribution >= 0.6 is 0 Å². The lowest BCUT2D eigenvalue weighted by Gasteiger charge is -2.27. The summed E-state index contributed by atoms with van der Waals surface area (Å²) in [7, 11) is 0. The highest BCUT2D eigenvalue weighted by atomic mass is 16.5. The van der Waals surface area contributed by atoms with E-state index in [1.807, 2.05) is 0 Å². The molecule has 0 spiro atoms. The number of hydrogen-bond donors (Lipinski definition) is 0. The van der Waals surface area contributed by atoms with Crippen LogP contribution in [-0.4, -0.2) is 25.2 Å². The smallest absolute Gasteiger partial charge is 0.308 e. The Hall–Kier alpha value is -1.06. The molecule has 1 aliphatic rings. The van der Waals surface area contributed by atoms with E-state index in [1.54, 1.807) is 0 Å². The van der Waals surface area contributed by atoms with E-state index in [-0.39, 0.29) is 23.8 Å². The van der Waals surface area contributed by atoms with Crippen LogP contribution in [0.25, 0.3) is 0 Å². The van der Waals surface area contributed by atoms with Gasteiger partial charge in [0, 0.05) is 0 Å². The van der Waals surface area contributed by atoms with Crippen molar-refractivity contribution in [3.05, 3.63) is 0 Å². The van der Waals surface area contributed by atoms with Crippen LogP contribution in [0, 0.1) is 35.5 Å². The second-order valence-corrected chi connectivity index (χ2v) is 11.4. The topological polar surface area (TPSA) is 52.6 Å². The molecule has 0 radical (unpaired) electrons. The number of esters is 2. The molecular weight excluding hydrogens is 424 g/mol. The Kier molecular flexibility index (Phi) is 16.6. The third kappa shape index (κ3) is 12.6. The van der Waals surface area contributed by atoms with Crippen LogP contribution in [0.4, 0.5) is 0 Å². The van der Waals surface area contributed by atoms with Gasteiger partial charge in [0.15, 0.2) is 0 Å². The van der Waals surface area contributed by atoms with Crippen molar-refractivity contribution in [1.29, 1.82) is 0 Å². The first-order valence-electron chi connectivity index (χ1n) is 14.6. The maximum absolute atomic E-state index is 12.5. The van der Waals surface area contributed by atoms with Crippen LogP contribution < -0.4 is 0 Å². The van der Waals surface area contributed by atoms with E-state index in [4.69, 9.17) is 9.47 Å². The molecule has 0 aromatic heterocycles. The van der Waals surface area contributed by atoms with Crippen LogP contribution in [0.15, 0.2) is 0 Å². The van der Waals surface area contributed by atoms with E-state index in [0.717, 1.165) is 38.5 Å². The van der Waals surface area contributed by atoms with Gasteiger partial charge in [0.25, 0.3) is 0 Å². The predicted octanol–water partition coefficient (Wildman–Crippen LogP) is 8.36. The quantitative estimate of drug-likeness (QED) is 0.146. The zero-order chi connectivity index (χ0) is 25.3. The Morgan fingerprint density at radius 3 is 1.24 bits per heavy atom. The normalized spacial score (nSPS) is 21.9. The number of ether oxygens (including phenoxy) is 2. The number of carbonyl (C=O) groups is 2. The number of rotatable bonds is 18. The molecule has 0 aliphatic heterocycles. The molecule has 200 valence electrons. The van der Waals surface area contributed by atoms with Crippen molar-refractivity contribution in [2.75, 3.05) is 13.2 Å². The van der Waals surface area contributed by atoms with Gasteiger partial charge in [-0.1, -0.05) is 92.9 Å². The van der Waals surface area contributed by atoms with Gasteiger partial charge in [-0.3, -0.25) is 9.59 Å². The Balaban J connectivity index is 2.19.